The van der Waals surface area contributed by atoms with Crippen molar-refractivity contribution < 1.29 is 8.78 Å². The first kappa shape index (κ1) is 13.0. The van der Waals surface area contributed by atoms with Crippen LogP contribution in [-0.4, -0.2) is 30.1 Å². The van der Waals surface area contributed by atoms with Gasteiger partial charge in [-0.1, -0.05) is 0 Å². The Morgan fingerprint density at radius 2 is 2.11 bits per heavy atom. The van der Waals surface area contributed by atoms with Gasteiger partial charge in [0.2, 0.25) is 0 Å². The summed E-state index contributed by atoms with van der Waals surface area (Å²) in [5.74, 6) is 0.554. The van der Waals surface area contributed by atoms with Gasteiger partial charge in [-0.25, -0.2) is 8.78 Å². The van der Waals surface area contributed by atoms with Crippen LogP contribution in [0.1, 0.15) is 19.4 Å². The van der Waals surface area contributed by atoms with Crippen LogP contribution in [0, 0.1) is 23.5 Å². The highest BCUT2D eigenvalue weighted by atomic mass is 19.1. The third-order valence-electron chi connectivity index (χ3n) is 4.89. The normalized spacial score (nSPS) is 29.7. The minimum atomic E-state index is -0.365. The number of hydrogen-bond donors (Lipinski definition) is 1. The van der Waals surface area contributed by atoms with E-state index in [-0.39, 0.29) is 17.2 Å². The maximum atomic E-state index is 13.8. The number of nitrogens with one attached hydrogen (secondary N) is 1. The first-order valence-corrected chi connectivity index (χ1v) is 6.88. The van der Waals surface area contributed by atoms with E-state index in [2.05, 4.69) is 24.1 Å². The number of likely N-dealkylation sites (tertiary alicyclic amines) is 1. The smallest absolute Gasteiger partial charge is 0.127 e. The summed E-state index contributed by atoms with van der Waals surface area (Å²) in [5, 5.41) is 3.42. The summed E-state index contributed by atoms with van der Waals surface area (Å²) in [6.07, 6.45) is 0. The van der Waals surface area contributed by atoms with E-state index in [1.165, 1.54) is 18.2 Å². The summed E-state index contributed by atoms with van der Waals surface area (Å²) in [6, 6.07) is 3.71. The molecule has 4 heteroatoms. The molecule has 2 aliphatic heterocycles. The van der Waals surface area contributed by atoms with E-state index in [0.29, 0.717) is 23.9 Å². The largest absolute Gasteiger partial charge is 0.316 e. The lowest BCUT2D eigenvalue weighted by Gasteiger charge is -2.35. The molecule has 2 heterocycles. The highest BCUT2D eigenvalue weighted by Crippen LogP contribution is 2.41. The van der Waals surface area contributed by atoms with Crippen molar-refractivity contribution in [1.82, 2.24) is 10.2 Å². The van der Waals surface area contributed by atoms with Gasteiger partial charge in [0.25, 0.3) is 0 Å². The third kappa shape index (κ3) is 2.17. The molecule has 0 amide bonds. The van der Waals surface area contributed by atoms with Crippen LogP contribution >= 0.6 is 0 Å². The standard InChI is InChI=1S/C15H20F2N2/c1-15(2)13-7-18-6-11(13)9-19(15)8-10-5-12(16)3-4-14(10)17/h3-5,11,13,18H,6-9H2,1-2H3. The molecule has 104 valence electrons. The van der Waals surface area contributed by atoms with Crippen molar-refractivity contribution in [3.8, 4) is 0 Å². The molecule has 1 N–H and O–H groups in total. The van der Waals surface area contributed by atoms with Crippen LogP contribution in [0.3, 0.4) is 0 Å². The Balaban J connectivity index is 1.82. The molecule has 3 rings (SSSR count). The predicted molar refractivity (Wildman–Crippen MR) is 70.7 cm³/mol. The van der Waals surface area contributed by atoms with Gasteiger partial charge in [0, 0.05) is 30.7 Å². The monoisotopic (exact) mass is 266 g/mol. The van der Waals surface area contributed by atoms with Gasteiger partial charge in [-0.05, 0) is 50.4 Å². The summed E-state index contributed by atoms with van der Waals surface area (Å²) in [5.41, 5.74) is 0.494. The molecule has 0 aliphatic carbocycles. The summed E-state index contributed by atoms with van der Waals surface area (Å²) >= 11 is 0. The van der Waals surface area contributed by atoms with Gasteiger partial charge in [-0.2, -0.15) is 0 Å². The molecule has 2 aliphatic rings. The van der Waals surface area contributed by atoms with Crippen molar-refractivity contribution in [3.63, 3.8) is 0 Å². The van der Waals surface area contributed by atoms with E-state index in [1.54, 1.807) is 0 Å². The Kier molecular flexibility index (Phi) is 3.10. The highest BCUT2D eigenvalue weighted by molar-refractivity contribution is 5.20. The fourth-order valence-corrected chi connectivity index (χ4v) is 3.64. The fraction of sp³-hybridized carbons (Fsp3) is 0.600. The Labute approximate surface area is 112 Å². The minimum absolute atomic E-state index is 0.0346. The Morgan fingerprint density at radius 3 is 2.84 bits per heavy atom. The molecular weight excluding hydrogens is 246 g/mol. The molecule has 2 saturated heterocycles. The molecule has 2 atom stereocenters. The zero-order chi connectivity index (χ0) is 13.6. The van der Waals surface area contributed by atoms with Crippen molar-refractivity contribution in [2.45, 2.75) is 25.9 Å². The van der Waals surface area contributed by atoms with Crippen molar-refractivity contribution in [2.24, 2.45) is 11.8 Å². The number of nitrogens with zero attached hydrogens (tertiary/aromatic N) is 1. The van der Waals surface area contributed by atoms with Crippen LogP contribution in [0.4, 0.5) is 8.78 Å². The van der Waals surface area contributed by atoms with E-state index in [0.717, 1.165) is 19.6 Å². The van der Waals surface area contributed by atoms with E-state index in [9.17, 15) is 8.78 Å². The molecule has 0 aromatic heterocycles. The lowest BCUT2D eigenvalue weighted by Crippen LogP contribution is -2.44. The fourth-order valence-electron chi connectivity index (χ4n) is 3.64. The van der Waals surface area contributed by atoms with Gasteiger partial charge in [0.15, 0.2) is 0 Å². The molecule has 0 radical (unpaired) electrons. The molecule has 0 saturated carbocycles. The van der Waals surface area contributed by atoms with Crippen LogP contribution in [0.25, 0.3) is 0 Å². The van der Waals surface area contributed by atoms with Gasteiger partial charge in [0.05, 0.1) is 0 Å². The average molecular weight is 266 g/mol. The minimum Gasteiger partial charge on any atom is -0.316 e. The van der Waals surface area contributed by atoms with E-state index in [4.69, 9.17) is 0 Å². The van der Waals surface area contributed by atoms with Crippen molar-refractivity contribution >= 4 is 0 Å². The maximum absolute atomic E-state index is 13.8. The van der Waals surface area contributed by atoms with Crippen LogP contribution in [0.2, 0.25) is 0 Å². The second-order valence-corrected chi connectivity index (χ2v) is 6.29. The molecule has 19 heavy (non-hydrogen) atoms. The Morgan fingerprint density at radius 1 is 1.32 bits per heavy atom. The van der Waals surface area contributed by atoms with Gasteiger partial charge < -0.3 is 5.32 Å². The first-order valence-electron chi connectivity index (χ1n) is 6.88. The number of fused-ring (bicyclic) bond motifs is 1. The van der Waals surface area contributed by atoms with Gasteiger partial charge in [-0.15, -0.1) is 0 Å². The van der Waals surface area contributed by atoms with Crippen molar-refractivity contribution in [2.75, 3.05) is 19.6 Å². The quantitative estimate of drug-likeness (QED) is 0.884. The van der Waals surface area contributed by atoms with Crippen LogP contribution in [-0.2, 0) is 6.54 Å². The molecule has 2 nitrogen and oxygen atoms in total. The highest BCUT2D eigenvalue weighted by Gasteiger charge is 2.49. The van der Waals surface area contributed by atoms with Crippen LogP contribution in [0.5, 0.6) is 0 Å². The lowest BCUT2D eigenvalue weighted by atomic mass is 9.85. The number of rotatable bonds is 2. The molecule has 2 unspecified atom stereocenters. The second-order valence-electron chi connectivity index (χ2n) is 6.29. The molecule has 1 aromatic rings. The summed E-state index contributed by atoms with van der Waals surface area (Å²) in [6.45, 7) is 7.93. The summed E-state index contributed by atoms with van der Waals surface area (Å²) in [7, 11) is 0. The second kappa shape index (κ2) is 4.53. The zero-order valence-electron chi connectivity index (χ0n) is 11.4. The Bertz CT molecular complexity index is 487. The van der Waals surface area contributed by atoms with E-state index in [1.807, 2.05) is 0 Å². The van der Waals surface area contributed by atoms with Gasteiger partial charge >= 0.3 is 0 Å². The zero-order valence-corrected chi connectivity index (χ0v) is 11.4. The molecule has 0 spiro atoms. The molecule has 0 bridgehead atoms. The lowest BCUT2D eigenvalue weighted by molar-refractivity contribution is 0.130. The number of benzene rings is 1. The number of hydrogen-bond acceptors (Lipinski definition) is 2. The van der Waals surface area contributed by atoms with Gasteiger partial charge in [0.1, 0.15) is 11.6 Å². The molecule has 1 aromatic carbocycles. The first-order chi connectivity index (χ1) is 8.98. The van der Waals surface area contributed by atoms with Crippen molar-refractivity contribution in [3.05, 3.63) is 35.4 Å². The molecule has 2 fully saturated rings. The van der Waals surface area contributed by atoms with Gasteiger partial charge in [-0.3, -0.25) is 4.90 Å². The topological polar surface area (TPSA) is 15.3 Å². The third-order valence-corrected chi connectivity index (χ3v) is 4.89. The van der Waals surface area contributed by atoms with E-state index < -0.39 is 0 Å². The number of halogens is 2. The van der Waals surface area contributed by atoms with Crippen LogP contribution in [0.15, 0.2) is 18.2 Å². The SMILES string of the molecule is CC1(C)C2CNCC2CN1Cc1cc(F)ccc1F. The maximum Gasteiger partial charge on any atom is 0.127 e. The van der Waals surface area contributed by atoms with Crippen molar-refractivity contribution in [1.29, 1.82) is 0 Å². The average Bonchev–Trinajstić information content (AvgIpc) is 2.89. The summed E-state index contributed by atoms with van der Waals surface area (Å²) < 4.78 is 27.0. The van der Waals surface area contributed by atoms with Crippen LogP contribution < -0.4 is 5.32 Å². The summed E-state index contributed by atoms with van der Waals surface area (Å²) in [4.78, 5) is 2.29. The Hall–Kier alpha value is -1.00. The van der Waals surface area contributed by atoms with E-state index >= 15 is 0 Å². The predicted octanol–water partition coefficient (Wildman–Crippen LogP) is 2.39. The molecular formula is C15H20F2N2.